The third-order valence-electron chi connectivity index (χ3n) is 3.55. The molecule has 2 nitrogen and oxygen atoms in total. The van der Waals surface area contributed by atoms with Gasteiger partial charge in [0, 0.05) is 16.5 Å². The minimum Gasteiger partial charge on any atom is -0.490 e. The Balaban J connectivity index is 2.16. The summed E-state index contributed by atoms with van der Waals surface area (Å²) in [5.41, 5.74) is 0.909. The largest absolute Gasteiger partial charge is 0.490 e. The molecule has 0 saturated heterocycles. The number of aliphatic hydroxyl groups is 1. The van der Waals surface area contributed by atoms with Crippen LogP contribution < -0.4 is 4.74 Å². The Kier molecular flexibility index (Phi) is 4.33. The molecule has 0 aromatic heterocycles. The average molecular weight is 313 g/mol. The van der Waals surface area contributed by atoms with Crippen molar-refractivity contribution < 1.29 is 9.84 Å². The van der Waals surface area contributed by atoms with E-state index in [1.165, 1.54) is 0 Å². The summed E-state index contributed by atoms with van der Waals surface area (Å²) in [5, 5.41) is 10.2. The smallest absolute Gasteiger partial charge is 0.126 e. The highest BCUT2D eigenvalue weighted by Crippen LogP contribution is 2.39. The summed E-state index contributed by atoms with van der Waals surface area (Å²) >= 11 is 3.45. The topological polar surface area (TPSA) is 29.5 Å². The van der Waals surface area contributed by atoms with Gasteiger partial charge in [-0.2, -0.15) is 0 Å². The number of ether oxygens (including phenoxy) is 1. The molecule has 3 atom stereocenters. The molecule has 1 aliphatic rings. The molecular formula is C15H21BrO2. The Labute approximate surface area is 117 Å². The van der Waals surface area contributed by atoms with Crippen LogP contribution in [0.4, 0.5) is 0 Å². The first-order valence-electron chi connectivity index (χ1n) is 6.61. The molecular weight excluding hydrogens is 292 g/mol. The van der Waals surface area contributed by atoms with E-state index in [1.54, 1.807) is 0 Å². The monoisotopic (exact) mass is 312 g/mol. The summed E-state index contributed by atoms with van der Waals surface area (Å²) in [6.07, 6.45) is 1.54. The fourth-order valence-corrected chi connectivity index (χ4v) is 3.03. The second-order valence-electron chi connectivity index (χ2n) is 5.70. The highest BCUT2D eigenvalue weighted by Gasteiger charge is 2.30. The van der Waals surface area contributed by atoms with Crippen molar-refractivity contribution in [2.24, 2.45) is 11.8 Å². The van der Waals surface area contributed by atoms with Gasteiger partial charge in [0.25, 0.3) is 0 Å². The summed E-state index contributed by atoms with van der Waals surface area (Å²) in [7, 11) is 0. The third-order valence-corrected chi connectivity index (χ3v) is 4.04. The number of hydrogen-bond acceptors (Lipinski definition) is 2. The highest BCUT2D eigenvalue weighted by atomic mass is 79.9. The van der Waals surface area contributed by atoms with Gasteiger partial charge in [-0.05, 0) is 30.4 Å². The van der Waals surface area contributed by atoms with Crippen LogP contribution in [0.1, 0.15) is 45.3 Å². The van der Waals surface area contributed by atoms with Crippen LogP contribution >= 0.6 is 15.9 Å². The van der Waals surface area contributed by atoms with Gasteiger partial charge in [-0.1, -0.05) is 42.8 Å². The van der Waals surface area contributed by atoms with E-state index in [0.717, 1.165) is 22.2 Å². The lowest BCUT2D eigenvalue weighted by atomic mass is 9.87. The van der Waals surface area contributed by atoms with Gasteiger partial charge in [0.1, 0.15) is 11.9 Å². The first-order valence-corrected chi connectivity index (χ1v) is 7.41. The zero-order valence-electron chi connectivity index (χ0n) is 11.2. The van der Waals surface area contributed by atoms with Gasteiger partial charge in [0.2, 0.25) is 0 Å². The van der Waals surface area contributed by atoms with E-state index in [-0.39, 0.29) is 6.10 Å². The predicted octanol–water partition coefficient (Wildman–Crippen LogP) is 4.32. The summed E-state index contributed by atoms with van der Waals surface area (Å²) in [4.78, 5) is 0. The molecule has 100 valence electrons. The molecule has 0 amide bonds. The number of rotatable bonds is 3. The van der Waals surface area contributed by atoms with E-state index in [0.29, 0.717) is 18.3 Å². The van der Waals surface area contributed by atoms with Gasteiger partial charge in [-0.25, -0.2) is 0 Å². The van der Waals surface area contributed by atoms with Crippen molar-refractivity contribution in [2.45, 2.75) is 45.8 Å². The standard InChI is InChI=1S/C15H21BrO2/c1-9(2)6-10(3)14-8-13(17)12-5-4-11(16)7-15(12)18-14/h4-5,7,9-10,13-14,17H,6,8H2,1-3H3/t10?,13-,14?/m0/s1. The molecule has 1 aliphatic heterocycles. The van der Waals surface area contributed by atoms with Crippen LogP contribution in [0.2, 0.25) is 0 Å². The maximum atomic E-state index is 10.2. The van der Waals surface area contributed by atoms with Gasteiger partial charge in [-0.3, -0.25) is 0 Å². The molecule has 2 unspecified atom stereocenters. The molecule has 2 rings (SSSR count). The molecule has 0 bridgehead atoms. The summed E-state index contributed by atoms with van der Waals surface area (Å²) in [6.45, 7) is 6.65. The lowest BCUT2D eigenvalue weighted by Gasteiger charge is -2.34. The van der Waals surface area contributed by atoms with E-state index in [1.807, 2.05) is 18.2 Å². The van der Waals surface area contributed by atoms with Crippen LogP contribution in [-0.4, -0.2) is 11.2 Å². The lowest BCUT2D eigenvalue weighted by Crippen LogP contribution is -2.32. The maximum absolute atomic E-state index is 10.2. The van der Waals surface area contributed by atoms with Gasteiger partial charge in [-0.15, -0.1) is 0 Å². The van der Waals surface area contributed by atoms with Crippen molar-refractivity contribution in [1.82, 2.24) is 0 Å². The van der Waals surface area contributed by atoms with E-state index in [4.69, 9.17) is 4.74 Å². The van der Waals surface area contributed by atoms with E-state index in [2.05, 4.69) is 36.7 Å². The van der Waals surface area contributed by atoms with Crippen molar-refractivity contribution in [3.63, 3.8) is 0 Å². The van der Waals surface area contributed by atoms with Crippen LogP contribution in [0.25, 0.3) is 0 Å². The first kappa shape index (κ1) is 13.9. The second kappa shape index (κ2) is 5.62. The van der Waals surface area contributed by atoms with Gasteiger partial charge >= 0.3 is 0 Å². The van der Waals surface area contributed by atoms with Crippen molar-refractivity contribution in [3.8, 4) is 5.75 Å². The Bertz CT molecular complexity index is 417. The van der Waals surface area contributed by atoms with Gasteiger partial charge in [0.05, 0.1) is 6.10 Å². The van der Waals surface area contributed by atoms with Crippen LogP contribution in [0.3, 0.4) is 0 Å². The number of aliphatic hydroxyl groups excluding tert-OH is 1. The number of hydrogen-bond donors (Lipinski definition) is 1. The van der Waals surface area contributed by atoms with Crippen LogP contribution in [0.5, 0.6) is 5.75 Å². The Morgan fingerprint density at radius 3 is 2.78 bits per heavy atom. The molecule has 0 radical (unpaired) electrons. The molecule has 3 heteroatoms. The minimum atomic E-state index is -0.401. The molecule has 0 aliphatic carbocycles. The highest BCUT2D eigenvalue weighted by molar-refractivity contribution is 9.10. The summed E-state index contributed by atoms with van der Waals surface area (Å²) in [6, 6.07) is 5.84. The fourth-order valence-electron chi connectivity index (χ4n) is 2.69. The lowest BCUT2D eigenvalue weighted by molar-refractivity contribution is 0.0332. The molecule has 1 aromatic carbocycles. The molecule has 0 fully saturated rings. The Morgan fingerprint density at radius 1 is 1.39 bits per heavy atom. The van der Waals surface area contributed by atoms with E-state index in [9.17, 15) is 5.11 Å². The van der Waals surface area contributed by atoms with E-state index >= 15 is 0 Å². The fraction of sp³-hybridized carbons (Fsp3) is 0.600. The van der Waals surface area contributed by atoms with Crippen LogP contribution in [0, 0.1) is 11.8 Å². The third kappa shape index (κ3) is 3.07. The van der Waals surface area contributed by atoms with Gasteiger partial charge in [0.15, 0.2) is 0 Å². The zero-order chi connectivity index (χ0) is 13.3. The van der Waals surface area contributed by atoms with E-state index < -0.39 is 6.10 Å². The maximum Gasteiger partial charge on any atom is 0.126 e. The molecule has 0 saturated carbocycles. The SMILES string of the molecule is CC(C)CC(C)C1C[C@H](O)c2ccc(Br)cc2O1. The molecule has 1 N–H and O–H groups in total. The normalized spacial score (nSPS) is 24.6. The number of benzene rings is 1. The molecule has 0 spiro atoms. The second-order valence-corrected chi connectivity index (χ2v) is 6.61. The molecule has 1 heterocycles. The van der Waals surface area contributed by atoms with Crippen LogP contribution in [-0.2, 0) is 0 Å². The average Bonchev–Trinajstić information content (AvgIpc) is 2.27. The van der Waals surface area contributed by atoms with Crippen molar-refractivity contribution in [3.05, 3.63) is 28.2 Å². The quantitative estimate of drug-likeness (QED) is 0.901. The predicted molar refractivity (Wildman–Crippen MR) is 76.8 cm³/mol. The Hall–Kier alpha value is -0.540. The van der Waals surface area contributed by atoms with Crippen LogP contribution in [0.15, 0.2) is 22.7 Å². The minimum absolute atomic E-state index is 0.115. The zero-order valence-corrected chi connectivity index (χ0v) is 12.8. The summed E-state index contributed by atoms with van der Waals surface area (Å²) < 4.78 is 7.05. The molecule has 18 heavy (non-hydrogen) atoms. The van der Waals surface area contributed by atoms with Gasteiger partial charge < -0.3 is 9.84 Å². The van der Waals surface area contributed by atoms with Crippen molar-refractivity contribution in [1.29, 1.82) is 0 Å². The first-order chi connectivity index (χ1) is 8.47. The Morgan fingerprint density at radius 2 is 2.11 bits per heavy atom. The van der Waals surface area contributed by atoms with Crippen molar-refractivity contribution >= 4 is 15.9 Å². The van der Waals surface area contributed by atoms with Crippen molar-refractivity contribution in [2.75, 3.05) is 0 Å². The number of halogens is 1. The molecule has 1 aromatic rings. The number of fused-ring (bicyclic) bond motifs is 1. The summed E-state index contributed by atoms with van der Waals surface area (Å²) in [5.74, 6) is 1.94.